The first-order valence-electron chi connectivity index (χ1n) is 9.46. The first-order valence-corrected chi connectivity index (χ1v) is 9.46. The normalized spacial score (nSPS) is 19.1. The maximum Gasteiger partial charge on any atom is 0.233 e. The second-order valence-electron chi connectivity index (χ2n) is 7.05. The van der Waals surface area contributed by atoms with Crippen molar-refractivity contribution in [1.29, 1.82) is 0 Å². The van der Waals surface area contributed by atoms with Crippen molar-refractivity contribution in [3.63, 3.8) is 0 Å². The lowest BCUT2D eigenvalue weighted by atomic mass is 9.81. The van der Waals surface area contributed by atoms with Gasteiger partial charge in [0.1, 0.15) is 17.5 Å². The van der Waals surface area contributed by atoms with Crippen molar-refractivity contribution in [3.05, 3.63) is 34.4 Å². The number of hydrogen-bond donors (Lipinski definition) is 1. The molecule has 5 nitrogen and oxygen atoms in total. The summed E-state index contributed by atoms with van der Waals surface area (Å²) in [7, 11) is 0. The summed E-state index contributed by atoms with van der Waals surface area (Å²) in [5.74, 6) is 5.01. The zero-order chi connectivity index (χ0) is 20.0. The predicted molar refractivity (Wildman–Crippen MR) is 105 cm³/mol. The van der Waals surface area contributed by atoms with Gasteiger partial charge in [-0.2, -0.15) is 0 Å². The molecule has 1 heterocycles. The summed E-state index contributed by atoms with van der Waals surface area (Å²) in [6.45, 7) is 8.16. The van der Waals surface area contributed by atoms with Crippen LogP contribution >= 0.6 is 0 Å². The molecule has 1 atom stereocenters. The van der Waals surface area contributed by atoms with Crippen molar-refractivity contribution >= 4 is 17.5 Å². The van der Waals surface area contributed by atoms with Crippen LogP contribution in [0.25, 0.3) is 0 Å². The number of rotatable bonds is 1. The van der Waals surface area contributed by atoms with Gasteiger partial charge in [-0.3, -0.25) is 19.4 Å². The lowest BCUT2D eigenvalue weighted by molar-refractivity contribution is -0.133. The van der Waals surface area contributed by atoms with Gasteiger partial charge in [0.15, 0.2) is 0 Å². The van der Waals surface area contributed by atoms with Crippen molar-refractivity contribution in [2.45, 2.75) is 59.3 Å². The molecule has 1 saturated heterocycles. The minimum Gasteiger partial charge on any atom is -0.299 e. The minimum absolute atomic E-state index is 0.0430. The molecule has 2 rings (SSSR count). The molecule has 1 fully saturated rings. The van der Waals surface area contributed by atoms with Crippen molar-refractivity contribution in [1.82, 2.24) is 10.4 Å². The quantitative estimate of drug-likeness (QED) is 0.611. The summed E-state index contributed by atoms with van der Waals surface area (Å²) in [5, 5.41) is 1.53. The molecular formula is C22H28N2O3. The maximum atomic E-state index is 13.0. The van der Waals surface area contributed by atoms with Crippen LogP contribution in [0.15, 0.2) is 12.1 Å². The van der Waals surface area contributed by atoms with E-state index < -0.39 is 5.92 Å². The predicted octanol–water partition coefficient (Wildman–Crippen LogP) is 2.82. The van der Waals surface area contributed by atoms with Gasteiger partial charge in [-0.05, 0) is 62.4 Å². The van der Waals surface area contributed by atoms with E-state index in [0.717, 1.165) is 22.3 Å². The number of hydrazine groups is 1. The Labute approximate surface area is 161 Å². The first-order chi connectivity index (χ1) is 12.8. The molecule has 5 heteroatoms. The molecule has 144 valence electrons. The van der Waals surface area contributed by atoms with Gasteiger partial charge in [0, 0.05) is 38.4 Å². The van der Waals surface area contributed by atoms with E-state index in [4.69, 9.17) is 0 Å². The zero-order valence-electron chi connectivity index (χ0n) is 16.6. The van der Waals surface area contributed by atoms with Gasteiger partial charge >= 0.3 is 0 Å². The lowest BCUT2D eigenvalue weighted by Gasteiger charge is -2.21. The van der Waals surface area contributed by atoms with Gasteiger partial charge in [-0.25, -0.2) is 5.43 Å². The molecule has 0 spiro atoms. The molecule has 1 unspecified atom stereocenters. The first kappa shape index (κ1) is 20.9. The number of amides is 1. The number of nitrogens with one attached hydrogen (secondary N) is 1. The number of benzene rings is 1. The SMILES string of the molecule is CC#Cc1cc(C)c(C2C(=O)CCCNN(C(C)=O)CCCC2=O)c(C)c1. The van der Waals surface area contributed by atoms with Crippen molar-refractivity contribution in [3.8, 4) is 11.8 Å². The maximum absolute atomic E-state index is 13.0. The fourth-order valence-electron chi connectivity index (χ4n) is 3.67. The van der Waals surface area contributed by atoms with E-state index in [1.54, 1.807) is 6.92 Å². The molecule has 0 aliphatic carbocycles. The van der Waals surface area contributed by atoms with E-state index in [1.807, 2.05) is 26.0 Å². The highest BCUT2D eigenvalue weighted by molar-refractivity contribution is 6.08. The molecule has 1 aromatic rings. The van der Waals surface area contributed by atoms with Gasteiger partial charge in [0.05, 0.1) is 0 Å². The Hall–Kier alpha value is -2.45. The van der Waals surface area contributed by atoms with Crippen LogP contribution in [-0.4, -0.2) is 35.6 Å². The molecule has 1 N–H and O–H groups in total. The number of carbonyl (C=O) groups excluding carboxylic acids is 3. The molecule has 1 amide bonds. The number of aryl methyl sites for hydroxylation is 2. The third kappa shape index (κ3) is 5.27. The van der Waals surface area contributed by atoms with Crippen molar-refractivity contribution in [2.75, 3.05) is 13.1 Å². The summed E-state index contributed by atoms with van der Waals surface area (Å²) in [5.41, 5.74) is 6.63. The standard InChI is InChI=1S/C22H28N2O3/c1-5-8-18-13-15(2)21(16(3)14-18)22-19(26)9-6-11-23-24(17(4)25)12-7-10-20(22)27/h13-14,22-23H,6-7,9-12H2,1-4H3. The molecular weight excluding hydrogens is 340 g/mol. The van der Waals surface area contributed by atoms with Gasteiger partial charge < -0.3 is 0 Å². The number of ketones is 2. The second-order valence-corrected chi connectivity index (χ2v) is 7.05. The smallest absolute Gasteiger partial charge is 0.233 e. The second kappa shape index (κ2) is 9.48. The Bertz CT molecular complexity index is 779. The van der Waals surface area contributed by atoms with E-state index >= 15 is 0 Å². The summed E-state index contributed by atoms with van der Waals surface area (Å²) >= 11 is 0. The highest BCUT2D eigenvalue weighted by atomic mass is 16.2. The Morgan fingerprint density at radius 1 is 1.11 bits per heavy atom. The van der Waals surface area contributed by atoms with Crippen LogP contribution in [0.4, 0.5) is 0 Å². The Morgan fingerprint density at radius 3 is 2.26 bits per heavy atom. The number of nitrogens with zero attached hydrogens (tertiary/aromatic N) is 1. The van der Waals surface area contributed by atoms with Crippen LogP contribution in [0.1, 0.15) is 67.7 Å². The van der Waals surface area contributed by atoms with Gasteiger partial charge in [-0.1, -0.05) is 5.92 Å². The third-order valence-corrected chi connectivity index (χ3v) is 4.88. The van der Waals surface area contributed by atoms with Crippen molar-refractivity contribution < 1.29 is 14.4 Å². The lowest BCUT2D eigenvalue weighted by Crippen LogP contribution is -2.42. The molecule has 0 radical (unpaired) electrons. The number of carbonyl (C=O) groups is 3. The van der Waals surface area contributed by atoms with E-state index in [9.17, 15) is 14.4 Å². The van der Waals surface area contributed by atoms with E-state index in [-0.39, 0.29) is 23.9 Å². The van der Waals surface area contributed by atoms with Crippen LogP contribution in [0.3, 0.4) is 0 Å². The highest BCUT2D eigenvalue weighted by Crippen LogP contribution is 2.29. The minimum atomic E-state index is -0.725. The largest absolute Gasteiger partial charge is 0.299 e. The fourth-order valence-corrected chi connectivity index (χ4v) is 3.67. The Morgan fingerprint density at radius 2 is 1.70 bits per heavy atom. The molecule has 0 bridgehead atoms. The molecule has 1 aromatic carbocycles. The van der Waals surface area contributed by atoms with Gasteiger partial charge in [0.2, 0.25) is 5.91 Å². The Balaban J connectivity index is 2.35. The molecule has 27 heavy (non-hydrogen) atoms. The number of Topliss-reactive ketones (excluding diaryl/α,β-unsaturated/α-hetero) is 2. The monoisotopic (exact) mass is 368 g/mol. The molecule has 1 aliphatic rings. The third-order valence-electron chi connectivity index (χ3n) is 4.88. The van der Waals surface area contributed by atoms with E-state index in [1.165, 1.54) is 11.9 Å². The van der Waals surface area contributed by atoms with Crippen LogP contribution in [0, 0.1) is 25.7 Å². The highest BCUT2D eigenvalue weighted by Gasteiger charge is 2.30. The zero-order valence-corrected chi connectivity index (χ0v) is 16.6. The van der Waals surface area contributed by atoms with Crippen LogP contribution in [0.5, 0.6) is 0 Å². The van der Waals surface area contributed by atoms with E-state index in [2.05, 4.69) is 17.3 Å². The topological polar surface area (TPSA) is 66.5 Å². The Kier molecular flexibility index (Phi) is 7.32. The summed E-state index contributed by atoms with van der Waals surface area (Å²) in [4.78, 5) is 37.6. The van der Waals surface area contributed by atoms with Crippen LogP contribution < -0.4 is 5.43 Å². The summed E-state index contributed by atoms with van der Waals surface area (Å²) in [6, 6.07) is 3.90. The van der Waals surface area contributed by atoms with E-state index in [0.29, 0.717) is 32.4 Å². The number of hydrogen-bond acceptors (Lipinski definition) is 4. The van der Waals surface area contributed by atoms with Gasteiger partial charge in [0.25, 0.3) is 0 Å². The van der Waals surface area contributed by atoms with Crippen molar-refractivity contribution in [2.24, 2.45) is 0 Å². The average molecular weight is 368 g/mol. The summed E-state index contributed by atoms with van der Waals surface area (Å²) < 4.78 is 0. The summed E-state index contributed by atoms with van der Waals surface area (Å²) in [6.07, 6.45) is 1.71. The molecule has 1 aliphatic heterocycles. The molecule has 0 saturated carbocycles. The fraction of sp³-hybridized carbons (Fsp3) is 0.500. The van der Waals surface area contributed by atoms with Gasteiger partial charge in [-0.15, -0.1) is 5.92 Å². The molecule has 0 aromatic heterocycles. The average Bonchev–Trinajstić information content (AvgIpc) is 2.61. The van der Waals surface area contributed by atoms with Crippen LogP contribution in [-0.2, 0) is 14.4 Å². The van der Waals surface area contributed by atoms with Crippen LogP contribution in [0.2, 0.25) is 0 Å².